The standard InChI is InChI=1S/C13H9F4NO2S/c1-6-10(12(19)20-2)18-11(21-6)7-4-3-5-8(9(7)14)13(15,16)17/h3-5H,1-2H3. The topological polar surface area (TPSA) is 39.2 Å². The van der Waals surface area contributed by atoms with Gasteiger partial charge in [0.25, 0.3) is 0 Å². The number of nitrogens with zero attached hydrogens (tertiary/aromatic N) is 1. The first-order valence-corrected chi connectivity index (χ1v) is 6.49. The van der Waals surface area contributed by atoms with Crippen LogP contribution in [0.4, 0.5) is 17.6 Å². The van der Waals surface area contributed by atoms with Crippen LogP contribution in [0.3, 0.4) is 0 Å². The molecule has 1 aromatic carbocycles. The lowest BCUT2D eigenvalue weighted by atomic mass is 10.1. The number of hydrogen-bond donors (Lipinski definition) is 0. The SMILES string of the molecule is COC(=O)c1nc(-c2cccc(C(F)(F)F)c2F)sc1C. The van der Waals surface area contributed by atoms with E-state index in [2.05, 4.69) is 9.72 Å². The Balaban J connectivity index is 2.56. The molecule has 1 heterocycles. The second kappa shape index (κ2) is 5.44. The monoisotopic (exact) mass is 319 g/mol. The Morgan fingerprint density at radius 1 is 1.33 bits per heavy atom. The number of methoxy groups -OCH3 is 1. The molecule has 0 radical (unpaired) electrons. The highest BCUT2D eigenvalue weighted by molar-refractivity contribution is 7.15. The Labute approximate surface area is 121 Å². The molecule has 112 valence electrons. The number of thiazole rings is 1. The molecule has 0 aliphatic heterocycles. The van der Waals surface area contributed by atoms with Crippen molar-refractivity contribution < 1.29 is 27.1 Å². The molecule has 0 bridgehead atoms. The van der Waals surface area contributed by atoms with E-state index in [0.29, 0.717) is 10.9 Å². The van der Waals surface area contributed by atoms with Crippen LogP contribution in [0, 0.1) is 12.7 Å². The van der Waals surface area contributed by atoms with Gasteiger partial charge in [-0.25, -0.2) is 14.2 Å². The molecule has 0 fully saturated rings. The van der Waals surface area contributed by atoms with Gasteiger partial charge in [-0.2, -0.15) is 13.2 Å². The van der Waals surface area contributed by atoms with Crippen molar-refractivity contribution in [3.8, 4) is 10.6 Å². The molecule has 0 aliphatic rings. The van der Waals surface area contributed by atoms with Crippen LogP contribution in [0.5, 0.6) is 0 Å². The summed E-state index contributed by atoms with van der Waals surface area (Å²) in [5.74, 6) is -2.13. The summed E-state index contributed by atoms with van der Waals surface area (Å²) < 4.78 is 56.6. The van der Waals surface area contributed by atoms with Crippen LogP contribution in [0.15, 0.2) is 18.2 Å². The van der Waals surface area contributed by atoms with Gasteiger partial charge in [0.05, 0.1) is 12.7 Å². The minimum Gasteiger partial charge on any atom is -0.464 e. The van der Waals surface area contributed by atoms with E-state index in [1.165, 1.54) is 6.07 Å². The molecule has 1 aromatic heterocycles. The third-order valence-electron chi connectivity index (χ3n) is 2.71. The number of alkyl halides is 3. The van der Waals surface area contributed by atoms with Gasteiger partial charge in [-0.3, -0.25) is 0 Å². The van der Waals surface area contributed by atoms with Gasteiger partial charge in [-0.1, -0.05) is 6.07 Å². The first-order valence-electron chi connectivity index (χ1n) is 5.67. The lowest BCUT2D eigenvalue weighted by Crippen LogP contribution is -2.08. The van der Waals surface area contributed by atoms with Crippen LogP contribution in [0.2, 0.25) is 0 Å². The maximum Gasteiger partial charge on any atom is 0.419 e. The van der Waals surface area contributed by atoms with Crippen LogP contribution in [0.25, 0.3) is 10.6 Å². The van der Waals surface area contributed by atoms with Crippen LogP contribution < -0.4 is 0 Å². The number of ether oxygens (including phenoxy) is 1. The number of rotatable bonds is 2. The molecule has 8 heteroatoms. The van der Waals surface area contributed by atoms with Gasteiger partial charge in [0.15, 0.2) is 5.69 Å². The van der Waals surface area contributed by atoms with Gasteiger partial charge in [0.2, 0.25) is 0 Å². The lowest BCUT2D eigenvalue weighted by molar-refractivity contribution is -0.139. The largest absolute Gasteiger partial charge is 0.464 e. The zero-order chi connectivity index (χ0) is 15.8. The number of esters is 1. The summed E-state index contributed by atoms with van der Waals surface area (Å²) in [6.07, 6.45) is -4.79. The maximum atomic E-state index is 14.0. The highest BCUT2D eigenvalue weighted by atomic mass is 32.1. The molecule has 21 heavy (non-hydrogen) atoms. The molecule has 0 amide bonds. The van der Waals surface area contributed by atoms with Crippen LogP contribution in [-0.4, -0.2) is 18.1 Å². The first kappa shape index (κ1) is 15.4. The van der Waals surface area contributed by atoms with Crippen LogP contribution in [-0.2, 0) is 10.9 Å². The fraction of sp³-hybridized carbons (Fsp3) is 0.231. The van der Waals surface area contributed by atoms with Gasteiger partial charge in [0, 0.05) is 10.4 Å². The van der Waals surface area contributed by atoms with E-state index in [4.69, 9.17) is 0 Å². The van der Waals surface area contributed by atoms with E-state index in [-0.39, 0.29) is 16.3 Å². The highest BCUT2D eigenvalue weighted by Gasteiger charge is 2.35. The molecule has 2 aromatic rings. The van der Waals surface area contributed by atoms with E-state index in [1.807, 2.05) is 0 Å². The third-order valence-corrected chi connectivity index (χ3v) is 3.71. The molecular formula is C13H9F4NO2S. The predicted molar refractivity (Wildman–Crippen MR) is 68.6 cm³/mol. The van der Waals surface area contributed by atoms with Crippen molar-refractivity contribution in [2.75, 3.05) is 7.11 Å². The summed E-state index contributed by atoms with van der Waals surface area (Å²) in [7, 11) is 1.16. The third kappa shape index (κ3) is 2.90. The summed E-state index contributed by atoms with van der Waals surface area (Å²) in [6.45, 7) is 1.55. The molecule has 0 aliphatic carbocycles. The average Bonchev–Trinajstić information content (AvgIpc) is 2.78. The molecule has 0 spiro atoms. The van der Waals surface area contributed by atoms with Gasteiger partial charge >= 0.3 is 12.1 Å². The van der Waals surface area contributed by atoms with Gasteiger partial charge < -0.3 is 4.74 Å². The molecule has 3 nitrogen and oxygen atoms in total. The molecule has 0 unspecified atom stereocenters. The number of benzene rings is 1. The zero-order valence-electron chi connectivity index (χ0n) is 10.9. The molecule has 0 N–H and O–H groups in total. The Hall–Kier alpha value is -1.96. The van der Waals surface area contributed by atoms with Crippen molar-refractivity contribution >= 4 is 17.3 Å². The normalized spacial score (nSPS) is 11.5. The van der Waals surface area contributed by atoms with E-state index in [0.717, 1.165) is 24.5 Å². The summed E-state index contributed by atoms with van der Waals surface area (Å²) in [6, 6.07) is 2.93. The Morgan fingerprint density at radius 3 is 2.57 bits per heavy atom. The Morgan fingerprint density at radius 2 is 2.00 bits per heavy atom. The fourth-order valence-corrected chi connectivity index (χ4v) is 2.63. The van der Waals surface area contributed by atoms with Gasteiger partial charge in [-0.05, 0) is 19.1 Å². The molecule has 0 atom stereocenters. The molecule has 2 rings (SSSR count). The van der Waals surface area contributed by atoms with Gasteiger partial charge in [0.1, 0.15) is 10.8 Å². The number of aromatic nitrogens is 1. The van der Waals surface area contributed by atoms with Crippen molar-refractivity contribution in [2.24, 2.45) is 0 Å². The number of aryl methyl sites for hydroxylation is 1. The molecule has 0 saturated carbocycles. The van der Waals surface area contributed by atoms with Crippen LogP contribution >= 0.6 is 11.3 Å². The fourth-order valence-electron chi connectivity index (χ4n) is 1.71. The zero-order valence-corrected chi connectivity index (χ0v) is 11.7. The second-order valence-electron chi connectivity index (χ2n) is 4.08. The number of carbonyl (C=O) groups is 1. The Kier molecular flexibility index (Phi) is 3.99. The van der Waals surface area contributed by atoms with Crippen molar-refractivity contribution in [3.05, 3.63) is 40.2 Å². The van der Waals surface area contributed by atoms with Crippen LogP contribution in [0.1, 0.15) is 20.9 Å². The summed E-state index contributed by atoms with van der Waals surface area (Å²) in [4.78, 5) is 15.7. The molecule has 0 saturated heterocycles. The summed E-state index contributed by atoms with van der Waals surface area (Å²) in [5.41, 5.74) is -1.70. The minimum atomic E-state index is -4.79. The lowest BCUT2D eigenvalue weighted by Gasteiger charge is -2.09. The number of hydrogen-bond acceptors (Lipinski definition) is 4. The second-order valence-corrected chi connectivity index (χ2v) is 5.28. The first-order chi connectivity index (χ1) is 9.75. The average molecular weight is 319 g/mol. The summed E-state index contributed by atoms with van der Waals surface area (Å²) in [5, 5.41) is -0.00324. The predicted octanol–water partition coefficient (Wildman–Crippen LogP) is 4.06. The Bertz CT molecular complexity index is 694. The smallest absolute Gasteiger partial charge is 0.419 e. The number of halogens is 4. The maximum absolute atomic E-state index is 14.0. The highest BCUT2D eigenvalue weighted by Crippen LogP contribution is 2.37. The minimum absolute atomic E-state index is 0.00324. The van der Waals surface area contributed by atoms with Crippen molar-refractivity contribution in [1.29, 1.82) is 0 Å². The van der Waals surface area contributed by atoms with E-state index < -0.39 is 23.5 Å². The van der Waals surface area contributed by atoms with E-state index in [9.17, 15) is 22.4 Å². The summed E-state index contributed by atoms with van der Waals surface area (Å²) >= 11 is 0.925. The van der Waals surface area contributed by atoms with Crippen molar-refractivity contribution in [1.82, 2.24) is 4.98 Å². The van der Waals surface area contributed by atoms with E-state index in [1.54, 1.807) is 6.92 Å². The number of carbonyl (C=O) groups excluding carboxylic acids is 1. The molecular weight excluding hydrogens is 310 g/mol. The van der Waals surface area contributed by atoms with Crippen molar-refractivity contribution in [3.63, 3.8) is 0 Å². The quantitative estimate of drug-likeness (QED) is 0.619. The van der Waals surface area contributed by atoms with Crippen molar-refractivity contribution in [2.45, 2.75) is 13.1 Å². The van der Waals surface area contributed by atoms with E-state index >= 15 is 0 Å². The van der Waals surface area contributed by atoms with Gasteiger partial charge in [-0.15, -0.1) is 11.3 Å².